The molecule has 0 aliphatic heterocycles. The summed E-state index contributed by atoms with van der Waals surface area (Å²) in [5.41, 5.74) is 3.55. The average molecular weight is 523 g/mol. The largest absolute Gasteiger partial charge is 0.493 e. The Morgan fingerprint density at radius 2 is 1.61 bits per heavy atom. The fourth-order valence-corrected chi connectivity index (χ4v) is 3.23. The predicted octanol–water partition coefficient (Wildman–Crippen LogP) is 3.68. The molecule has 38 heavy (non-hydrogen) atoms. The molecule has 0 bridgehead atoms. The van der Waals surface area contributed by atoms with Crippen LogP contribution in [-0.2, 0) is 4.79 Å². The molecule has 3 rings (SSSR count). The first-order valence-corrected chi connectivity index (χ1v) is 11.1. The number of carbonyl (C=O) groups is 2. The van der Waals surface area contributed by atoms with Crippen molar-refractivity contribution in [1.29, 1.82) is 0 Å². The van der Waals surface area contributed by atoms with Crippen molar-refractivity contribution in [3.63, 3.8) is 0 Å². The lowest BCUT2D eigenvalue weighted by Gasteiger charge is -2.13. The van der Waals surface area contributed by atoms with Gasteiger partial charge in [0.15, 0.2) is 23.9 Å². The Morgan fingerprint density at radius 1 is 0.947 bits per heavy atom. The van der Waals surface area contributed by atoms with Gasteiger partial charge < -0.3 is 23.7 Å². The normalized spacial score (nSPS) is 10.5. The summed E-state index contributed by atoms with van der Waals surface area (Å²) in [6, 6.07) is 13.8. The highest BCUT2D eigenvalue weighted by Gasteiger charge is 2.19. The Labute approximate surface area is 217 Å². The third kappa shape index (κ3) is 6.97. The van der Waals surface area contributed by atoms with E-state index in [2.05, 4.69) is 10.5 Å². The molecule has 3 aromatic rings. The second kappa shape index (κ2) is 12.7. The van der Waals surface area contributed by atoms with E-state index < -0.39 is 23.4 Å². The first-order chi connectivity index (χ1) is 18.2. The van der Waals surface area contributed by atoms with E-state index in [4.69, 9.17) is 23.7 Å². The van der Waals surface area contributed by atoms with Crippen LogP contribution in [0.25, 0.3) is 0 Å². The summed E-state index contributed by atoms with van der Waals surface area (Å²) in [7, 11) is 4.35. The number of methoxy groups -OCH3 is 3. The summed E-state index contributed by atoms with van der Waals surface area (Å²) in [4.78, 5) is 35.2. The molecule has 0 saturated heterocycles. The predicted molar refractivity (Wildman–Crippen MR) is 137 cm³/mol. The van der Waals surface area contributed by atoms with Gasteiger partial charge >= 0.3 is 11.7 Å². The summed E-state index contributed by atoms with van der Waals surface area (Å²) in [5, 5.41) is 15.0. The minimum atomic E-state index is -0.633. The molecular formula is C26H25N3O9. The summed E-state index contributed by atoms with van der Waals surface area (Å²) < 4.78 is 26.4. The van der Waals surface area contributed by atoms with E-state index in [0.717, 1.165) is 0 Å². The van der Waals surface area contributed by atoms with E-state index in [0.29, 0.717) is 28.4 Å². The maximum absolute atomic E-state index is 12.6. The number of nitrogens with one attached hydrogen (secondary N) is 1. The van der Waals surface area contributed by atoms with Gasteiger partial charge in [-0.15, -0.1) is 0 Å². The van der Waals surface area contributed by atoms with Crippen LogP contribution in [-0.4, -0.2) is 51.0 Å². The maximum Gasteiger partial charge on any atom is 0.343 e. The molecule has 0 aromatic heterocycles. The topological polar surface area (TPSA) is 148 Å². The highest BCUT2D eigenvalue weighted by molar-refractivity contribution is 5.93. The number of nitrogens with zero attached hydrogens (tertiary/aromatic N) is 2. The number of carbonyl (C=O) groups excluding carboxylic acids is 2. The Hall–Kier alpha value is -5.13. The number of hydrogen-bond acceptors (Lipinski definition) is 10. The van der Waals surface area contributed by atoms with Crippen LogP contribution in [0.5, 0.6) is 28.7 Å². The van der Waals surface area contributed by atoms with E-state index in [9.17, 15) is 19.7 Å². The summed E-state index contributed by atoms with van der Waals surface area (Å²) in [6.07, 6.45) is 1.37. The van der Waals surface area contributed by atoms with Crippen molar-refractivity contribution >= 4 is 23.8 Å². The molecule has 0 heterocycles. The van der Waals surface area contributed by atoms with Crippen molar-refractivity contribution in [2.24, 2.45) is 5.10 Å². The lowest BCUT2D eigenvalue weighted by atomic mass is 10.2. The van der Waals surface area contributed by atoms with E-state index in [1.807, 2.05) is 0 Å². The Balaban J connectivity index is 1.55. The molecule has 198 valence electrons. The van der Waals surface area contributed by atoms with Gasteiger partial charge in [-0.2, -0.15) is 5.10 Å². The van der Waals surface area contributed by atoms with Gasteiger partial charge in [-0.05, 0) is 60.5 Å². The standard InChI is InChI=1S/C26H25N3O9/c1-16-5-10-21(20(11-16)29(32)33)37-15-24(30)28-27-14-17-6-8-19(9-7-17)38-26(31)18-12-22(34-2)25(36-4)23(13-18)35-3/h5-14H,15H2,1-4H3,(H,28,30)/b27-14+. The minimum absolute atomic E-state index is 0.0172. The number of nitro groups is 1. The van der Waals surface area contributed by atoms with Crippen molar-refractivity contribution in [2.45, 2.75) is 6.92 Å². The van der Waals surface area contributed by atoms with Crippen molar-refractivity contribution in [1.82, 2.24) is 5.43 Å². The number of hydrogen-bond donors (Lipinski definition) is 1. The quantitative estimate of drug-likeness (QED) is 0.131. The summed E-state index contributed by atoms with van der Waals surface area (Å²) in [6.45, 7) is 1.25. The van der Waals surface area contributed by atoms with Gasteiger partial charge in [0.2, 0.25) is 5.75 Å². The number of benzene rings is 3. The molecule has 0 aliphatic rings. The van der Waals surface area contributed by atoms with Gasteiger partial charge in [0.25, 0.3) is 5.91 Å². The first kappa shape index (κ1) is 27.5. The van der Waals surface area contributed by atoms with Crippen LogP contribution < -0.4 is 29.1 Å². The Morgan fingerprint density at radius 3 is 2.18 bits per heavy atom. The van der Waals surface area contributed by atoms with Crippen LogP contribution in [0, 0.1) is 17.0 Å². The maximum atomic E-state index is 12.6. The molecule has 0 aliphatic carbocycles. The third-order valence-corrected chi connectivity index (χ3v) is 5.06. The smallest absolute Gasteiger partial charge is 0.343 e. The van der Waals surface area contributed by atoms with Crippen molar-refractivity contribution in [3.05, 3.63) is 81.4 Å². The molecule has 0 fully saturated rings. The molecule has 0 saturated carbocycles. The molecule has 3 aromatic carbocycles. The molecule has 0 unspecified atom stereocenters. The second-order valence-corrected chi connectivity index (χ2v) is 7.68. The van der Waals surface area contributed by atoms with E-state index in [1.54, 1.807) is 37.3 Å². The molecule has 0 spiro atoms. The number of amides is 1. The monoisotopic (exact) mass is 523 g/mol. The van der Waals surface area contributed by atoms with Gasteiger partial charge in [0, 0.05) is 6.07 Å². The van der Waals surface area contributed by atoms with Gasteiger partial charge in [-0.1, -0.05) is 6.07 Å². The highest BCUT2D eigenvalue weighted by Crippen LogP contribution is 2.38. The summed E-state index contributed by atoms with van der Waals surface area (Å²) >= 11 is 0. The zero-order chi connectivity index (χ0) is 27.7. The van der Waals surface area contributed by atoms with Crippen molar-refractivity contribution in [3.8, 4) is 28.7 Å². The number of esters is 1. The fraction of sp³-hybridized carbons (Fsp3) is 0.192. The fourth-order valence-electron chi connectivity index (χ4n) is 3.23. The van der Waals surface area contributed by atoms with E-state index in [1.165, 1.54) is 51.8 Å². The van der Waals surface area contributed by atoms with Crippen molar-refractivity contribution < 1.29 is 38.2 Å². The van der Waals surface area contributed by atoms with E-state index >= 15 is 0 Å². The average Bonchev–Trinajstić information content (AvgIpc) is 2.92. The third-order valence-electron chi connectivity index (χ3n) is 5.06. The molecule has 0 radical (unpaired) electrons. The first-order valence-electron chi connectivity index (χ1n) is 11.1. The number of ether oxygens (including phenoxy) is 5. The summed E-state index contributed by atoms with van der Waals surface area (Å²) in [5.74, 6) is 0.00305. The van der Waals surface area contributed by atoms with Crippen LogP contribution in [0.2, 0.25) is 0 Å². The lowest BCUT2D eigenvalue weighted by Crippen LogP contribution is -2.24. The van der Waals surface area contributed by atoms with Gasteiger partial charge in [0.1, 0.15) is 5.75 Å². The lowest BCUT2D eigenvalue weighted by molar-refractivity contribution is -0.385. The second-order valence-electron chi connectivity index (χ2n) is 7.68. The number of hydrazone groups is 1. The zero-order valence-corrected chi connectivity index (χ0v) is 21.0. The SMILES string of the molecule is COc1cc(C(=O)Oc2ccc(/C=N/NC(=O)COc3ccc(C)cc3[N+](=O)[O-])cc2)cc(OC)c1OC. The Bertz CT molecular complexity index is 1330. The molecular weight excluding hydrogens is 498 g/mol. The van der Waals surface area contributed by atoms with Gasteiger partial charge in [0.05, 0.1) is 38.0 Å². The van der Waals surface area contributed by atoms with Crippen LogP contribution in [0.1, 0.15) is 21.5 Å². The van der Waals surface area contributed by atoms with Crippen LogP contribution in [0.3, 0.4) is 0 Å². The van der Waals surface area contributed by atoms with Gasteiger partial charge in [-0.3, -0.25) is 14.9 Å². The molecule has 1 N–H and O–H groups in total. The number of aryl methyl sites for hydroxylation is 1. The number of rotatable bonds is 11. The number of nitro benzene ring substituents is 1. The van der Waals surface area contributed by atoms with Crippen LogP contribution in [0.15, 0.2) is 59.7 Å². The van der Waals surface area contributed by atoms with Crippen LogP contribution in [0.4, 0.5) is 5.69 Å². The molecule has 0 atom stereocenters. The van der Waals surface area contributed by atoms with Gasteiger partial charge in [-0.25, -0.2) is 10.2 Å². The molecule has 12 nitrogen and oxygen atoms in total. The van der Waals surface area contributed by atoms with E-state index in [-0.39, 0.29) is 22.7 Å². The molecule has 1 amide bonds. The van der Waals surface area contributed by atoms with Crippen molar-refractivity contribution in [2.75, 3.05) is 27.9 Å². The highest BCUT2D eigenvalue weighted by atomic mass is 16.6. The molecule has 12 heteroatoms. The Kier molecular flexibility index (Phi) is 9.19. The zero-order valence-electron chi connectivity index (χ0n) is 21.0. The minimum Gasteiger partial charge on any atom is -0.493 e. The van der Waals surface area contributed by atoms with Crippen LogP contribution >= 0.6 is 0 Å².